The molecule has 212 valence electrons. The van der Waals surface area contributed by atoms with Gasteiger partial charge in [-0.25, -0.2) is 0 Å². The van der Waals surface area contributed by atoms with Crippen molar-refractivity contribution in [3.05, 3.63) is 45.2 Å². The summed E-state index contributed by atoms with van der Waals surface area (Å²) in [5, 5.41) is 58.9. The standard InChI is InChI=1S/C31H40O8/c1-12(2)20-23(34)18(15(5)32)25(36)31(39)26(37)21-24(35)19-17(13(3)11-16(22(19)33)28(6,7)8)14(4)29(21,9)27(38)30(20,31)10/h11-12,14,20,27,33,35-36,38-39H,1-10H3/t14-,20?,27-,29+,30+,31+/m1/s1. The van der Waals surface area contributed by atoms with Gasteiger partial charge in [-0.3, -0.25) is 14.4 Å². The molecule has 3 aliphatic carbocycles. The first kappa shape index (κ1) is 29.0. The number of allylic oxidation sites excluding steroid dienone is 1. The number of phenolic OH excluding ortho intramolecular Hbond substituents is 1. The van der Waals surface area contributed by atoms with E-state index in [1.165, 1.54) is 6.92 Å². The molecule has 0 aliphatic heterocycles. The Balaban J connectivity index is 2.20. The van der Waals surface area contributed by atoms with Crippen LogP contribution in [0.25, 0.3) is 5.76 Å². The van der Waals surface area contributed by atoms with Crippen LogP contribution in [0.3, 0.4) is 0 Å². The predicted octanol–water partition coefficient (Wildman–Crippen LogP) is 4.33. The van der Waals surface area contributed by atoms with Crippen molar-refractivity contribution < 1.29 is 39.9 Å². The summed E-state index contributed by atoms with van der Waals surface area (Å²) in [6.07, 6.45) is -1.64. The van der Waals surface area contributed by atoms with E-state index >= 15 is 0 Å². The van der Waals surface area contributed by atoms with E-state index in [-0.39, 0.29) is 16.9 Å². The lowest BCUT2D eigenvalue weighted by Crippen LogP contribution is -2.75. The molecular weight excluding hydrogens is 500 g/mol. The Morgan fingerprint density at radius 1 is 1.08 bits per heavy atom. The highest BCUT2D eigenvalue weighted by molar-refractivity contribution is 6.24. The maximum Gasteiger partial charge on any atom is 0.203 e. The molecule has 1 aromatic rings. The SMILES string of the molecule is CC(=O)C1=C(O)[C@]2(O)C(=O)C3=C(O)c4c(O)c(C(C)(C)C)cc(C)c4[C@@H](C)[C@]3(C)[C@@H](O)[C@]2(C)C(C(C)C)C1=O. The normalized spacial score (nSPS) is 34.7. The summed E-state index contributed by atoms with van der Waals surface area (Å²) in [6.45, 7) is 16.7. The molecule has 4 rings (SSSR count). The number of aliphatic hydroxyl groups is 4. The Labute approximate surface area is 229 Å². The van der Waals surface area contributed by atoms with Crippen LogP contribution in [0, 0.1) is 29.6 Å². The summed E-state index contributed by atoms with van der Waals surface area (Å²) in [5.74, 6) is -7.02. The average molecular weight is 541 g/mol. The molecular formula is C31H40O8. The van der Waals surface area contributed by atoms with Gasteiger partial charge in [0.2, 0.25) is 5.78 Å². The fraction of sp³-hybridized carbons (Fsp3) is 0.581. The second-order valence-corrected chi connectivity index (χ2v) is 13.4. The molecule has 1 fully saturated rings. The van der Waals surface area contributed by atoms with Gasteiger partial charge in [-0.1, -0.05) is 61.5 Å². The number of carbonyl (C=O) groups excluding carboxylic acids is 3. The molecule has 1 saturated carbocycles. The zero-order valence-corrected chi connectivity index (χ0v) is 24.3. The molecule has 3 aliphatic rings. The number of hydrogen-bond donors (Lipinski definition) is 5. The first-order valence-corrected chi connectivity index (χ1v) is 13.4. The van der Waals surface area contributed by atoms with Gasteiger partial charge in [-0.15, -0.1) is 0 Å². The number of hydrogen-bond acceptors (Lipinski definition) is 8. The molecule has 0 heterocycles. The lowest BCUT2D eigenvalue weighted by Gasteiger charge is -2.63. The van der Waals surface area contributed by atoms with Crippen molar-refractivity contribution in [2.45, 2.75) is 92.3 Å². The van der Waals surface area contributed by atoms with Gasteiger partial charge in [0.15, 0.2) is 17.2 Å². The molecule has 0 saturated heterocycles. The minimum absolute atomic E-state index is 0.0372. The molecule has 1 unspecified atom stereocenters. The van der Waals surface area contributed by atoms with E-state index in [9.17, 15) is 39.9 Å². The van der Waals surface area contributed by atoms with Gasteiger partial charge in [-0.2, -0.15) is 0 Å². The highest BCUT2D eigenvalue weighted by Crippen LogP contribution is 2.68. The van der Waals surface area contributed by atoms with Crippen LogP contribution < -0.4 is 0 Å². The lowest BCUT2D eigenvalue weighted by molar-refractivity contribution is -0.215. The zero-order valence-electron chi connectivity index (χ0n) is 24.3. The fourth-order valence-electron chi connectivity index (χ4n) is 7.88. The van der Waals surface area contributed by atoms with Crippen LogP contribution in [0.1, 0.15) is 90.5 Å². The zero-order chi connectivity index (χ0) is 29.9. The second kappa shape index (κ2) is 8.27. The van der Waals surface area contributed by atoms with E-state index in [1.807, 2.05) is 33.8 Å². The van der Waals surface area contributed by atoms with Crippen LogP contribution in [0.2, 0.25) is 0 Å². The minimum atomic E-state index is -2.89. The van der Waals surface area contributed by atoms with E-state index in [1.54, 1.807) is 27.7 Å². The summed E-state index contributed by atoms with van der Waals surface area (Å²) < 4.78 is 0. The van der Waals surface area contributed by atoms with Gasteiger partial charge in [0.1, 0.15) is 22.8 Å². The van der Waals surface area contributed by atoms with Crippen molar-refractivity contribution in [2.24, 2.45) is 22.7 Å². The Kier molecular flexibility index (Phi) is 6.16. The van der Waals surface area contributed by atoms with Crippen LogP contribution in [-0.2, 0) is 19.8 Å². The number of aliphatic hydroxyl groups excluding tert-OH is 3. The molecule has 0 amide bonds. The monoisotopic (exact) mass is 540 g/mol. The van der Waals surface area contributed by atoms with Crippen molar-refractivity contribution >= 4 is 23.1 Å². The number of ketones is 3. The number of rotatable bonds is 2. The molecule has 0 bridgehead atoms. The number of aryl methyl sites for hydroxylation is 1. The molecule has 0 aromatic heterocycles. The summed E-state index contributed by atoms with van der Waals surface area (Å²) in [5.41, 5.74) is -6.08. The van der Waals surface area contributed by atoms with Crippen molar-refractivity contribution in [2.75, 3.05) is 0 Å². The van der Waals surface area contributed by atoms with Gasteiger partial charge < -0.3 is 25.5 Å². The molecule has 6 atom stereocenters. The number of phenols is 1. The smallest absolute Gasteiger partial charge is 0.203 e. The third-order valence-electron chi connectivity index (χ3n) is 9.94. The van der Waals surface area contributed by atoms with Gasteiger partial charge in [0.25, 0.3) is 0 Å². The summed E-state index contributed by atoms with van der Waals surface area (Å²) >= 11 is 0. The Hall–Kier alpha value is -2.97. The van der Waals surface area contributed by atoms with E-state index in [4.69, 9.17) is 0 Å². The Bertz CT molecular complexity index is 1410. The molecule has 1 aromatic carbocycles. The van der Waals surface area contributed by atoms with Gasteiger partial charge >= 0.3 is 0 Å². The summed E-state index contributed by atoms with van der Waals surface area (Å²) in [7, 11) is 0. The molecule has 8 heteroatoms. The van der Waals surface area contributed by atoms with E-state index in [2.05, 4.69) is 0 Å². The third-order valence-corrected chi connectivity index (χ3v) is 9.94. The van der Waals surface area contributed by atoms with Crippen LogP contribution in [-0.4, -0.2) is 54.6 Å². The quantitative estimate of drug-likeness (QED) is 0.348. The molecule has 0 spiro atoms. The number of Topliss-reactive ketones (excluding diaryl/α,β-unsaturated/α-hetero) is 3. The molecule has 8 nitrogen and oxygen atoms in total. The summed E-state index contributed by atoms with van der Waals surface area (Å²) in [4.78, 5) is 40.7. The average Bonchev–Trinajstić information content (AvgIpc) is 2.79. The fourth-order valence-corrected chi connectivity index (χ4v) is 7.88. The number of benzene rings is 1. The molecule has 5 N–H and O–H groups in total. The Morgan fingerprint density at radius 2 is 1.62 bits per heavy atom. The maximum absolute atomic E-state index is 14.5. The van der Waals surface area contributed by atoms with E-state index in [0.29, 0.717) is 11.1 Å². The number of aromatic hydroxyl groups is 1. The van der Waals surface area contributed by atoms with Gasteiger partial charge in [0.05, 0.1) is 17.2 Å². The van der Waals surface area contributed by atoms with Crippen LogP contribution in [0.15, 0.2) is 23.0 Å². The van der Waals surface area contributed by atoms with Crippen molar-refractivity contribution in [1.29, 1.82) is 0 Å². The second-order valence-electron chi connectivity index (χ2n) is 13.4. The van der Waals surface area contributed by atoms with Crippen molar-refractivity contribution in [3.63, 3.8) is 0 Å². The Morgan fingerprint density at radius 3 is 2.08 bits per heavy atom. The van der Waals surface area contributed by atoms with Gasteiger partial charge in [0, 0.05) is 22.3 Å². The predicted molar refractivity (Wildman–Crippen MR) is 145 cm³/mol. The summed E-state index contributed by atoms with van der Waals surface area (Å²) in [6, 6.07) is 1.83. The van der Waals surface area contributed by atoms with Crippen LogP contribution >= 0.6 is 0 Å². The highest BCUT2D eigenvalue weighted by Gasteiger charge is 2.77. The first-order valence-electron chi connectivity index (χ1n) is 13.4. The van der Waals surface area contributed by atoms with Crippen LogP contribution in [0.4, 0.5) is 0 Å². The first-order chi connectivity index (χ1) is 17.6. The number of carbonyl (C=O) groups is 3. The molecule has 39 heavy (non-hydrogen) atoms. The van der Waals surface area contributed by atoms with E-state index in [0.717, 1.165) is 12.5 Å². The third kappa shape index (κ3) is 3.16. The molecule has 0 radical (unpaired) electrons. The van der Waals surface area contributed by atoms with Crippen molar-refractivity contribution in [1.82, 2.24) is 0 Å². The maximum atomic E-state index is 14.5. The van der Waals surface area contributed by atoms with E-state index < -0.39 is 80.1 Å². The van der Waals surface area contributed by atoms with Crippen molar-refractivity contribution in [3.8, 4) is 5.75 Å². The van der Waals surface area contributed by atoms with Gasteiger partial charge in [-0.05, 0) is 42.2 Å². The topological polar surface area (TPSA) is 152 Å². The lowest BCUT2D eigenvalue weighted by atomic mass is 9.40. The minimum Gasteiger partial charge on any atom is -0.508 e. The van der Waals surface area contributed by atoms with Crippen LogP contribution in [0.5, 0.6) is 5.75 Å². The number of fused-ring (bicyclic) bond motifs is 3. The largest absolute Gasteiger partial charge is 0.508 e. The highest BCUT2D eigenvalue weighted by atomic mass is 16.4.